The highest BCUT2D eigenvalue weighted by Gasteiger charge is 2.59. The number of ether oxygens (including phenoxy) is 1. The van der Waals surface area contributed by atoms with Crippen molar-refractivity contribution in [2.75, 3.05) is 0 Å². The number of hydrogen-bond donors (Lipinski definition) is 0. The summed E-state index contributed by atoms with van der Waals surface area (Å²) in [7, 11) is -6.86. The second-order valence-electron chi connectivity index (χ2n) is 17.4. The number of hydrogen-bond acceptors (Lipinski definition) is 7. The van der Waals surface area contributed by atoms with Crippen molar-refractivity contribution in [2.45, 2.75) is 149 Å². The van der Waals surface area contributed by atoms with Gasteiger partial charge >= 0.3 is 5.97 Å². The second-order valence-corrected chi connectivity index (χ2v) is 31.9. The Hall–Kier alpha value is -2.29. The van der Waals surface area contributed by atoms with Gasteiger partial charge in [0.1, 0.15) is 6.61 Å². The number of carbonyl (C=O) groups is 2. The number of benzene rings is 1. The number of esters is 1. The highest BCUT2D eigenvalue weighted by atomic mass is 28.4. The van der Waals surface area contributed by atoms with Crippen LogP contribution in [0, 0.1) is 16.0 Å². The minimum absolute atomic E-state index is 0.000177. The van der Waals surface area contributed by atoms with E-state index in [9.17, 15) is 19.7 Å². The Morgan fingerprint density at radius 2 is 1.41 bits per heavy atom. The lowest BCUT2D eigenvalue weighted by Crippen LogP contribution is -2.74. The van der Waals surface area contributed by atoms with Crippen molar-refractivity contribution in [3.05, 3.63) is 51.8 Å². The summed E-state index contributed by atoms with van der Waals surface area (Å²) in [4.78, 5) is 38.2. The Morgan fingerprint density at radius 3 is 1.85 bits per heavy atom. The van der Waals surface area contributed by atoms with E-state index >= 15 is 0 Å². The van der Waals surface area contributed by atoms with Crippen LogP contribution in [-0.2, 0) is 29.8 Å². The summed E-state index contributed by atoms with van der Waals surface area (Å²) in [5.41, 5.74) is 0.607. The van der Waals surface area contributed by atoms with Gasteiger partial charge in [-0.1, -0.05) is 75.4 Å². The van der Waals surface area contributed by atoms with E-state index in [-0.39, 0.29) is 57.1 Å². The number of nitro benzene ring substituents is 1. The molecule has 0 aliphatic carbocycles. The van der Waals surface area contributed by atoms with Crippen molar-refractivity contribution in [3.8, 4) is 0 Å². The summed E-state index contributed by atoms with van der Waals surface area (Å²) in [6.45, 7) is 34.5. The molecule has 0 unspecified atom stereocenters. The van der Waals surface area contributed by atoms with E-state index in [1.807, 2.05) is 13.0 Å². The maximum Gasteiger partial charge on any atom is 0.372 e. The van der Waals surface area contributed by atoms with Crippen LogP contribution in [0.25, 0.3) is 0 Å². The molecule has 9 nitrogen and oxygen atoms in total. The molecule has 1 fully saturated rings. The van der Waals surface area contributed by atoms with E-state index in [2.05, 4.69) is 106 Å². The minimum atomic E-state index is -2.45. The largest absolute Gasteiger partial charge is 0.539 e. The lowest BCUT2D eigenvalue weighted by molar-refractivity contribution is -0.384. The molecule has 12 heteroatoms. The standard InChI is InChI=1S/C34H60N2O7Si3/c1-24(42-45(13,14)33(5,6)7)29-27(35(30(29)37)44(11,12)32(2,3)4)21-22-28(43-46(15,16)34(8,9)10)31(38)41-23-25-17-19-26(20-18-25)36(39)40/h17-20,22,24,27,29H,21,23H2,1-16H3/b28-22+/t24-,27-,29-/m1/s1. The van der Waals surface area contributed by atoms with Crippen LogP contribution in [0.2, 0.25) is 54.4 Å². The van der Waals surface area contributed by atoms with Crippen molar-refractivity contribution >= 4 is 42.4 Å². The Bertz CT molecular complexity index is 1300. The highest BCUT2D eigenvalue weighted by molar-refractivity contribution is 6.80. The Balaban J connectivity index is 2.50. The zero-order valence-electron chi connectivity index (χ0n) is 31.3. The average molecular weight is 693 g/mol. The summed E-state index contributed by atoms with van der Waals surface area (Å²) in [6.07, 6.45) is 1.98. The quantitative estimate of drug-likeness (QED) is 0.0409. The van der Waals surface area contributed by atoms with Crippen LogP contribution < -0.4 is 0 Å². The number of carbonyl (C=O) groups excluding carboxylic acids is 2. The third-order valence-electron chi connectivity index (χ3n) is 10.9. The van der Waals surface area contributed by atoms with Crippen molar-refractivity contribution < 1.29 is 28.1 Å². The Kier molecular flexibility index (Phi) is 11.9. The van der Waals surface area contributed by atoms with Crippen LogP contribution in [0.4, 0.5) is 5.69 Å². The molecule has 1 heterocycles. The first-order valence-corrected chi connectivity index (χ1v) is 25.1. The van der Waals surface area contributed by atoms with Gasteiger partial charge in [0, 0.05) is 18.2 Å². The van der Waals surface area contributed by atoms with Crippen LogP contribution in [0.1, 0.15) is 81.2 Å². The second kappa shape index (κ2) is 13.7. The maximum absolute atomic E-state index is 14.0. The van der Waals surface area contributed by atoms with Crippen molar-refractivity contribution in [1.82, 2.24) is 4.57 Å². The summed E-state index contributed by atoms with van der Waals surface area (Å²) >= 11 is 0. The molecule has 1 aromatic carbocycles. The number of β-lactam (4-membered cyclic amide) rings is 1. The van der Waals surface area contributed by atoms with E-state index in [0.29, 0.717) is 12.0 Å². The van der Waals surface area contributed by atoms with Gasteiger partial charge in [-0.05, 0) is 78.4 Å². The third-order valence-corrected chi connectivity index (χ3v) is 25.3. The zero-order valence-corrected chi connectivity index (χ0v) is 34.3. The molecule has 0 bridgehead atoms. The molecule has 0 saturated carbocycles. The molecule has 1 aromatic rings. The molecule has 3 atom stereocenters. The lowest BCUT2D eigenvalue weighted by Gasteiger charge is -2.60. The first kappa shape index (κ1) is 39.9. The highest BCUT2D eigenvalue weighted by Crippen LogP contribution is 2.48. The van der Waals surface area contributed by atoms with Crippen LogP contribution in [0.3, 0.4) is 0 Å². The van der Waals surface area contributed by atoms with Gasteiger partial charge in [0.05, 0.1) is 16.9 Å². The predicted octanol–water partition coefficient (Wildman–Crippen LogP) is 9.18. The van der Waals surface area contributed by atoms with E-state index in [1.54, 1.807) is 12.1 Å². The predicted molar refractivity (Wildman–Crippen MR) is 193 cm³/mol. The molecule has 0 N–H and O–H groups in total. The SMILES string of the molecule is C[C@@H](O[Si](C)(C)C(C)(C)C)[C@H]1C(=O)N([Si](C)(C)C(C)(C)C)[C@@H]1C/C=C(/O[Si](C)(C)C(C)(C)C)C(=O)OCc1ccc([N+](=O)[O-])cc1. The van der Waals surface area contributed by atoms with E-state index < -0.39 is 35.8 Å². The van der Waals surface area contributed by atoms with Gasteiger partial charge in [-0.3, -0.25) is 14.9 Å². The smallest absolute Gasteiger partial charge is 0.372 e. The summed E-state index contributed by atoms with van der Waals surface area (Å²) in [5, 5.41) is 10.8. The normalized spacial score (nSPS) is 19.4. The fraction of sp³-hybridized carbons (Fsp3) is 0.706. The summed E-state index contributed by atoms with van der Waals surface area (Å²) in [6, 6.07) is 5.79. The van der Waals surface area contributed by atoms with Gasteiger partial charge in [0.15, 0.2) is 22.3 Å². The molecule has 2 rings (SSSR count). The first-order valence-electron chi connectivity index (χ1n) is 16.4. The van der Waals surface area contributed by atoms with Crippen molar-refractivity contribution in [2.24, 2.45) is 5.92 Å². The molecular formula is C34H60N2O7Si3. The van der Waals surface area contributed by atoms with E-state index in [1.165, 1.54) is 12.1 Å². The maximum atomic E-state index is 14.0. The fourth-order valence-corrected chi connectivity index (χ4v) is 9.83. The van der Waals surface area contributed by atoms with Gasteiger partial charge in [0.25, 0.3) is 14.0 Å². The van der Waals surface area contributed by atoms with Crippen LogP contribution in [-0.4, -0.2) is 58.4 Å². The molecular weight excluding hydrogens is 633 g/mol. The van der Waals surface area contributed by atoms with Gasteiger partial charge in [-0.15, -0.1) is 0 Å². The first-order chi connectivity index (χ1) is 20.5. The molecule has 1 saturated heterocycles. The topological polar surface area (TPSA) is 108 Å². The fourth-order valence-electron chi connectivity index (χ4n) is 4.86. The number of rotatable bonds is 12. The third kappa shape index (κ3) is 8.78. The van der Waals surface area contributed by atoms with E-state index in [4.69, 9.17) is 13.6 Å². The molecule has 1 aliphatic heterocycles. The summed E-state index contributed by atoms with van der Waals surface area (Å²) < 4.78 is 21.2. The number of amides is 1. The molecule has 46 heavy (non-hydrogen) atoms. The number of nitrogens with zero attached hydrogens (tertiary/aromatic N) is 2. The Morgan fingerprint density at radius 1 is 0.913 bits per heavy atom. The molecule has 0 aromatic heterocycles. The monoisotopic (exact) mass is 692 g/mol. The Labute approximate surface area is 281 Å². The van der Waals surface area contributed by atoms with Crippen LogP contribution >= 0.6 is 0 Å². The molecule has 260 valence electrons. The van der Waals surface area contributed by atoms with Gasteiger partial charge in [-0.25, -0.2) is 4.79 Å². The van der Waals surface area contributed by atoms with Gasteiger partial charge in [-0.2, -0.15) is 0 Å². The van der Waals surface area contributed by atoms with Crippen LogP contribution in [0.15, 0.2) is 36.1 Å². The molecule has 1 aliphatic rings. The molecule has 1 amide bonds. The summed E-state index contributed by atoms with van der Waals surface area (Å²) in [5.74, 6) is -0.636. The number of non-ortho nitro benzene ring substituents is 1. The molecule has 0 radical (unpaired) electrons. The minimum Gasteiger partial charge on any atom is -0.539 e. The average Bonchev–Trinajstić information content (AvgIpc) is 2.86. The number of nitro groups is 1. The van der Waals surface area contributed by atoms with Crippen molar-refractivity contribution in [1.29, 1.82) is 0 Å². The van der Waals surface area contributed by atoms with Gasteiger partial charge < -0.3 is 18.2 Å². The van der Waals surface area contributed by atoms with E-state index in [0.717, 1.165) is 0 Å². The molecule has 0 spiro atoms. The van der Waals surface area contributed by atoms with Crippen molar-refractivity contribution in [3.63, 3.8) is 0 Å². The lowest BCUT2D eigenvalue weighted by atomic mass is 9.84. The van der Waals surface area contributed by atoms with Gasteiger partial charge in [0.2, 0.25) is 5.91 Å². The zero-order chi connectivity index (χ0) is 35.8. The van der Waals surface area contributed by atoms with Crippen LogP contribution in [0.5, 0.6) is 0 Å².